The molecule has 0 radical (unpaired) electrons. The highest BCUT2D eigenvalue weighted by Gasteiger charge is 1.87. The fourth-order valence-corrected chi connectivity index (χ4v) is 2.32. The summed E-state index contributed by atoms with van der Waals surface area (Å²) in [6.45, 7) is 23.3. The van der Waals surface area contributed by atoms with Gasteiger partial charge >= 0.3 is 0 Å². The van der Waals surface area contributed by atoms with Crippen LogP contribution >= 0.6 is 0 Å². The lowest BCUT2D eigenvalue weighted by molar-refractivity contribution is 1.45. The topological polar surface area (TPSA) is 0 Å². The second-order valence-electron chi connectivity index (χ2n) is 6.29. The molecule has 0 aliphatic rings. The average molecular weight is 383 g/mol. The molecule has 29 heavy (non-hydrogen) atoms. The summed E-state index contributed by atoms with van der Waals surface area (Å²) >= 11 is 0. The molecule has 0 fully saturated rings. The molecule has 0 unspecified atom stereocenters. The molecule has 3 rings (SSSR count). The first-order chi connectivity index (χ1) is 14.0. The fraction of sp³-hybridized carbons (Fsp3) is 0.103. The van der Waals surface area contributed by atoms with E-state index in [4.69, 9.17) is 0 Å². The highest BCUT2D eigenvalue weighted by atomic mass is 13.9. The van der Waals surface area contributed by atoms with Crippen LogP contribution < -0.4 is 0 Å². The van der Waals surface area contributed by atoms with Crippen molar-refractivity contribution in [2.75, 3.05) is 0 Å². The van der Waals surface area contributed by atoms with Crippen LogP contribution in [0.5, 0.6) is 0 Å². The second-order valence-corrected chi connectivity index (χ2v) is 6.29. The van der Waals surface area contributed by atoms with E-state index < -0.39 is 0 Å². The molecular formula is C29H34. The van der Waals surface area contributed by atoms with E-state index in [1.807, 2.05) is 42.5 Å². The highest BCUT2D eigenvalue weighted by molar-refractivity contribution is 5.51. The zero-order chi connectivity index (χ0) is 22.1. The van der Waals surface area contributed by atoms with Crippen LogP contribution in [0.2, 0.25) is 0 Å². The smallest absolute Gasteiger partial charge is 0.0233 e. The van der Waals surface area contributed by atoms with Crippen LogP contribution in [-0.2, 0) is 0 Å². The van der Waals surface area contributed by atoms with E-state index >= 15 is 0 Å². The van der Waals surface area contributed by atoms with Gasteiger partial charge in [-0.05, 0) is 43.0 Å². The fourth-order valence-electron chi connectivity index (χ4n) is 2.32. The normalized spacial score (nSPS) is 8.52. The van der Waals surface area contributed by atoms with Crippen LogP contribution in [0.4, 0.5) is 0 Å². The minimum atomic E-state index is 1.18. The molecule has 0 N–H and O–H groups in total. The Kier molecular flexibility index (Phi) is 13.8. The molecule has 0 saturated carbocycles. The maximum Gasteiger partial charge on any atom is -0.0233 e. The number of aryl methyl sites for hydroxylation is 3. The Bertz CT molecular complexity index is 867. The van der Waals surface area contributed by atoms with Crippen molar-refractivity contribution in [1.29, 1.82) is 0 Å². The Morgan fingerprint density at radius 1 is 0.552 bits per heavy atom. The third-order valence-corrected chi connectivity index (χ3v) is 4.00. The minimum absolute atomic E-state index is 1.18. The lowest BCUT2D eigenvalue weighted by Gasteiger charge is -1.95. The maximum absolute atomic E-state index is 3.69. The molecule has 3 aromatic rings. The zero-order valence-electron chi connectivity index (χ0n) is 18.2. The zero-order valence-corrected chi connectivity index (χ0v) is 18.2. The van der Waals surface area contributed by atoms with Gasteiger partial charge in [-0.1, -0.05) is 122 Å². The number of hydrogen-bond acceptors (Lipinski definition) is 0. The van der Waals surface area contributed by atoms with Gasteiger partial charge in [0.2, 0.25) is 0 Å². The van der Waals surface area contributed by atoms with E-state index in [9.17, 15) is 0 Å². The summed E-state index contributed by atoms with van der Waals surface area (Å²) in [6, 6.07) is 24.7. The van der Waals surface area contributed by atoms with Gasteiger partial charge in [0.15, 0.2) is 0 Å². The van der Waals surface area contributed by atoms with E-state index in [1.165, 1.54) is 33.4 Å². The van der Waals surface area contributed by atoms with E-state index in [2.05, 4.69) is 102 Å². The highest BCUT2D eigenvalue weighted by Crippen LogP contribution is 2.07. The van der Waals surface area contributed by atoms with Gasteiger partial charge in [0.05, 0.1) is 0 Å². The van der Waals surface area contributed by atoms with Gasteiger partial charge in [-0.15, -0.1) is 13.2 Å². The monoisotopic (exact) mass is 382 g/mol. The van der Waals surface area contributed by atoms with Crippen LogP contribution in [0.25, 0.3) is 18.2 Å². The summed E-state index contributed by atoms with van der Waals surface area (Å²) in [7, 11) is 0. The van der Waals surface area contributed by atoms with Gasteiger partial charge in [-0.25, -0.2) is 0 Å². The Morgan fingerprint density at radius 3 is 1.55 bits per heavy atom. The summed E-state index contributed by atoms with van der Waals surface area (Å²) in [6.07, 6.45) is 5.57. The summed E-state index contributed by atoms with van der Waals surface area (Å²) in [5.41, 5.74) is 7.45. The maximum atomic E-state index is 3.69. The molecular weight excluding hydrogens is 348 g/mol. The van der Waals surface area contributed by atoms with Crippen molar-refractivity contribution in [3.63, 3.8) is 0 Å². The molecule has 0 aliphatic carbocycles. The first kappa shape index (κ1) is 25.6. The van der Waals surface area contributed by atoms with Gasteiger partial charge in [0.1, 0.15) is 0 Å². The van der Waals surface area contributed by atoms with Gasteiger partial charge in [0, 0.05) is 0 Å². The molecule has 0 atom stereocenters. The predicted octanol–water partition coefficient (Wildman–Crippen LogP) is 8.72. The average Bonchev–Trinajstić information content (AvgIpc) is 2.77. The van der Waals surface area contributed by atoms with Gasteiger partial charge in [-0.2, -0.15) is 0 Å². The SMILES string of the molecule is C=C.C=Cc1ccc(C)cc1.C=Cc1cccc(C)c1.C=Cc1ccccc1C. The number of benzene rings is 3. The lowest BCUT2D eigenvalue weighted by atomic mass is 10.1. The van der Waals surface area contributed by atoms with Gasteiger partial charge < -0.3 is 0 Å². The third kappa shape index (κ3) is 11.1. The molecule has 3 aromatic carbocycles. The molecule has 150 valence electrons. The molecule has 0 heterocycles. The van der Waals surface area contributed by atoms with E-state index in [-0.39, 0.29) is 0 Å². The van der Waals surface area contributed by atoms with Gasteiger partial charge in [0.25, 0.3) is 0 Å². The molecule has 0 heteroatoms. The first-order valence-electron chi connectivity index (χ1n) is 9.56. The van der Waals surface area contributed by atoms with Crippen LogP contribution in [0.15, 0.2) is 106 Å². The van der Waals surface area contributed by atoms with Crippen LogP contribution in [0.3, 0.4) is 0 Å². The molecule has 0 amide bonds. The van der Waals surface area contributed by atoms with Crippen molar-refractivity contribution in [2.45, 2.75) is 20.8 Å². The quantitative estimate of drug-likeness (QED) is 0.397. The summed E-state index contributed by atoms with van der Waals surface area (Å²) in [5.74, 6) is 0. The van der Waals surface area contributed by atoms with Crippen molar-refractivity contribution in [3.05, 3.63) is 139 Å². The molecule has 0 nitrogen and oxygen atoms in total. The molecule has 0 spiro atoms. The van der Waals surface area contributed by atoms with E-state index in [1.54, 1.807) is 0 Å². The Morgan fingerprint density at radius 2 is 1.14 bits per heavy atom. The standard InChI is InChI=1S/3C9H10.C2H4/c1-3-9-6-4-8(2)5-7-9;1-3-9-6-4-5-8(2)7-9;1-3-9-7-5-4-6-8(9)2;1-2/h3*3-7H,1H2,2H3;1-2H2. The van der Waals surface area contributed by atoms with Crippen molar-refractivity contribution >= 4 is 18.2 Å². The Labute approximate surface area is 178 Å². The number of rotatable bonds is 3. The van der Waals surface area contributed by atoms with Crippen LogP contribution in [0.1, 0.15) is 33.4 Å². The van der Waals surface area contributed by atoms with E-state index in [0.717, 1.165) is 0 Å². The van der Waals surface area contributed by atoms with Crippen molar-refractivity contribution in [2.24, 2.45) is 0 Å². The second kappa shape index (κ2) is 15.7. The van der Waals surface area contributed by atoms with Crippen LogP contribution in [0, 0.1) is 20.8 Å². The van der Waals surface area contributed by atoms with Crippen molar-refractivity contribution in [3.8, 4) is 0 Å². The van der Waals surface area contributed by atoms with Crippen molar-refractivity contribution in [1.82, 2.24) is 0 Å². The summed E-state index contributed by atoms with van der Waals surface area (Å²) in [4.78, 5) is 0. The Balaban J connectivity index is 0.000000388. The lowest BCUT2D eigenvalue weighted by Crippen LogP contribution is -1.75. The summed E-state index contributed by atoms with van der Waals surface area (Å²) < 4.78 is 0. The number of hydrogen-bond donors (Lipinski definition) is 0. The van der Waals surface area contributed by atoms with Crippen LogP contribution in [-0.4, -0.2) is 0 Å². The molecule has 0 aliphatic heterocycles. The largest absolute Gasteiger partial charge is 0.106 e. The van der Waals surface area contributed by atoms with E-state index in [0.29, 0.717) is 0 Å². The predicted molar refractivity (Wildman–Crippen MR) is 135 cm³/mol. The van der Waals surface area contributed by atoms with Crippen molar-refractivity contribution < 1.29 is 0 Å². The summed E-state index contributed by atoms with van der Waals surface area (Å²) in [5, 5.41) is 0. The Hall–Kier alpha value is -3.38. The molecule has 0 aromatic heterocycles. The first-order valence-corrected chi connectivity index (χ1v) is 9.56. The van der Waals surface area contributed by atoms with Gasteiger partial charge in [-0.3, -0.25) is 0 Å². The third-order valence-electron chi connectivity index (χ3n) is 4.00. The minimum Gasteiger partial charge on any atom is -0.106 e. The molecule has 0 bridgehead atoms. The molecule has 0 saturated heterocycles.